The van der Waals surface area contributed by atoms with Gasteiger partial charge in [0.1, 0.15) is 4.47 Å². The molecule has 0 atom stereocenters. The second-order valence-corrected chi connectivity index (χ2v) is 3.76. The normalized spacial score (nSPS) is 14.8. The monoisotopic (exact) mass is 242 g/mol. The van der Waals surface area contributed by atoms with Crippen LogP contribution >= 0.6 is 15.9 Å². The van der Waals surface area contributed by atoms with E-state index in [2.05, 4.69) is 20.9 Å². The van der Waals surface area contributed by atoms with E-state index in [1.165, 1.54) is 4.57 Å². The van der Waals surface area contributed by atoms with Crippen molar-refractivity contribution in [2.75, 3.05) is 0 Å². The van der Waals surface area contributed by atoms with Crippen LogP contribution < -0.4 is 5.56 Å². The van der Waals surface area contributed by atoms with Crippen LogP contribution in [0.3, 0.4) is 0 Å². The zero-order valence-corrected chi connectivity index (χ0v) is 8.59. The predicted octanol–water partition coefficient (Wildman–Crippen LogP) is 0.901. The molecule has 0 bridgehead atoms. The van der Waals surface area contributed by atoms with Crippen molar-refractivity contribution in [2.24, 2.45) is 0 Å². The van der Waals surface area contributed by atoms with E-state index in [1.807, 2.05) is 0 Å². The van der Waals surface area contributed by atoms with Crippen molar-refractivity contribution >= 4 is 21.7 Å². The highest BCUT2D eigenvalue weighted by molar-refractivity contribution is 9.10. The molecule has 4 nitrogen and oxygen atoms in total. The van der Waals surface area contributed by atoms with Crippen molar-refractivity contribution in [1.29, 1.82) is 0 Å². The Hall–Kier alpha value is -0.970. The zero-order chi connectivity index (χ0) is 9.59. The number of rotatable bonds is 0. The Morgan fingerprint density at radius 3 is 2.85 bits per heavy atom. The van der Waals surface area contributed by atoms with Crippen molar-refractivity contribution in [3.05, 3.63) is 26.3 Å². The lowest BCUT2D eigenvalue weighted by atomic mass is 10.3. The number of aryl methyl sites for hydroxylation is 1. The number of Topliss-reactive ketones (excluding diaryl/α,β-unsaturated/α-hetero) is 1. The van der Waals surface area contributed by atoms with Gasteiger partial charge in [0.2, 0.25) is 0 Å². The summed E-state index contributed by atoms with van der Waals surface area (Å²) < 4.78 is 1.87. The molecule has 0 aromatic carbocycles. The van der Waals surface area contributed by atoms with Crippen molar-refractivity contribution in [1.82, 2.24) is 9.55 Å². The molecule has 0 saturated heterocycles. The number of hydrogen-bond acceptors (Lipinski definition) is 3. The van der Waals surface area contributed by atoms with Gasteiger partial charge in [-0.05, 0) is 22.9 Å². The van der Waals surface area contributed by atoms with Crippen LogP contribution in [0.15, 0.2) is 9.27 Å². The summed E-state index contributed by atoms with van der Waals surface area (Å²) in [6, 6.07) is 0. The van der Waals surface area contributed by atoms with Gasteiger partial charge in [-0.1, -0.05) is 0 Å². The minimum atomic E-state index is -0.159. The fourth-order valence-corrected chi connectivity index (χ4v) is 1.69. The first-order chi connectivity index (χ1) is 6.11. The van der Waals surface area contributed by atoms with Gasteiger partial charge in [-0.25, -0.2) is 4.98 Å². The molecular formula is C8H7BrN2O2. The van der Waals surface area contributed by atoms with Crippen LogP contribution in [0.1, 0.15) is 22.7 Å². The molecule has 5 heteroatoms. The lowest BCUT2D eigenvalue weighted by Gasteiger charge is -2.02. The van der Waals surface area contributed by atoms with E-state index in [1.54, 1.807) is 6.92 Å². The third kappa shape index (κ3) is 1.14. The molecule has 1 aromatic heterocycles. The van der Waals surface area contributed by atoms with E-state index < -0.39 is 0 Å². The zero-order valence-electron chi connectivity index (χ0n) is 7.00. The highest BCUT2D eigenvalue weighted by Crippen LogP contribution is 2.14. The van der Waals surface area contributed by atoms with Crippen LogP contribution in [0.4, 0.5) is 0 Å². The highest BCUT2D eigenvalue weighted by atomic mass is 79.9. The summed E-state index contributed by atoms with van der Waals surface area (Å²) in [5.74, 6) is 0.249. The fourth-order valence-electron chi connectivity index (χ4n) is 1.38. The first-order valence-electron chi connectivity index (χ1n) is 3.91. The molecule has 1 aliphatic rings. The van der Waals surface area contributed by atoms with Gasteiger partial charge in [-0.3, -0.25) is 14.2 Å². The average molecular weight is 243 g/mol. The third-order valence-electron chi connectivity index (χ3n) is 2.09. The summed E-state index contributed by atoms with van der Waals surface area (Å²) in [6.07, 6.45) is 0.387. The summed E-state index contributed by atoms with van der Waals surface area (Å²) >= 11 is 3.15. The van der Waals surface area contributed by atoms with Crippen LogP contribution in [-0.4, -0.2) is 15.3 Å². The molecular weight excluding hydrogens is 236 g/mol. The maximum Gasteiger partial charge on any atom is 0.268 e. The number of ketones is 1. The smallest absolute Gasteiger partial charge is 0.268 e. The van der Waals surface area contributed by atoms with Gasteiger partial charge in [0, 0.05) is 13.0 Å². The van der Waals surface area contributed by atoms with Crippen LogP contribution in [0.25, 0.3) is 0 Å². The van der Waals surface area contributed by atoms with Crippen molar-refractivity contribution < 1.29 is 4.79 Å². The largest absolute Gasteiger partial charge is 0.291 e. The second kappa shape index (κ2) is 2.77. The van der Waals surface area contributed by atoms with Gasteiger partial charge in [0.05, 0.1) is 5.69 Å². The molecule has 13 heavy (non-hydrogen) atoms. The minimum Gasteiger partial charge on any atom is -0.291 e. The summed E-state index contributed by atoms with van der Waals surface area (Å²) in [6.45, 7) is 2.16. The molecule has 0 aliphatic carbocycles. The summed E-state index contributed by atoms with van der Waals surface area (Å²) in [5.41, 5.74) is 0.417. The second-order valence-electron chi connectivity index (χ2n) is 2.96. The van der Waals surface area contributed by atoms with Gasteiger partial charge in [0.25, 0.3) is 5.56 Å². The Morgan fingerprint density at radius 1 is 1.46 bits per heavy atom. The van der Waals surface area contributed by atoms with Gasteiger partial charge in [-0.2, -0.15) is 0 Å². The highest BCUT2D eigenvalue weighted by Gasteiger charge is 2.23. The van der Waals surface area contributed by atoms with Gasteiger partial charge >= 0.3 is 0 Å². The molecule has 0 fully saturated rings. The summed E-state index contributed by atoms with van der Waals surface area (Å²) in [4.78, 5) is 26.9. The molecule has 1 aromatic rings. The number of carbonyl (C=O) groups excluding carboxylic acids is 1. The molecule has 2 rings (SSSR count). The Labute approximate surface area is 82.7 Å². The minimum absolute atomic E-state index is 0.0484. The quantitative estimate of drug-likeness (QED) is 0.680. The third-order valence-corrected chi connectivity index (χ3v) is 3.00. The molecule has 0 amide bonds. The Morgan fingerprint density at radius 2 is 2.15 bits per heavy atom. The lowest BCUT2D eigenvalue weighted by Crippen LogP contribution is -2.23. The molecule has 2 heterocycles. The van der Waals surface area contributed by atoms with Crippen LogP contribution in [0, 0.1) is 6.92 Å². The Kier molecular flexibility index (Phi) is 1.83. The Bertz CT molecular complexity index is 450. The number of aromatic nitrogens is 2. The molecule has 68 valence electrons. The van der Waals surface area contributed by atoms with E-state index in [0.29, 0.717) is 29.0 Å². The van der Waals surface area contributed by atoms with Crippen molar-refractivity contribution in [3.63, 3.8) is 0 Å². The topological polar surface area (TPSA) is 52.0 Å². The lowest BCUT2D eigenvalue weighted by molar-refractivity contribution is 0.0989. The fraction of sp³-hybridized carbons (Fsp3) is 0.375. The van der Waals surface area contributed by atoms with E-state index in [-0.39, 0.29) is 11.3 Å². The molecule has 0 radical (unpaired) electrons. The van der Waals surface area contributed by atoms with Crippen molar-refractivity contribution in [3.8, 4) is 0 Å². The SMILES string of the molecule is Cc1nc2n(c(=O)c1Br)CCC2=O. The molecule has 0 unspecified atom stereocenters. The van der Waals surface area contributed by atoms with Gasteiger partial charge in [-0.15, -0.1) is 0 Å². The predicted molar refractivity (Wildman–Crippen MR) is 49.9 cm³/mol. The maximum atomic E-state index is 11.6. The maximum absolute atomic E-state index is 11.6. The van der Waals surface area contributed by atoms with Crippen molar-refractivity contribution in [2.45, 2.75) is 19.9 Å². The standard InChI is InChI=1S/C8H7BrN2O2/c1-4-6(9)8(13)11-3-2-5(12)7(11)10-4/h2-3H2,1H3. The molecule has 0 spiro atoms. The van der Waals surface area contributed by atoms with Crippen LogP contribution in [0.5, 0.6) is 0 Å². The van der Waals surface area contributed by atoms with Crippen LogP contribution in [-0.2, 0) is 6.54 Å². The Balaban J connectivity index is 2.82. The number of fused-ring (bicyclic) bond motifs is 1. The first kappa shape index (κ1) is 8.62. The van der Waals surface area contributed by atoms with Crippen LogP contribution in [0.2, 0.25) is 0 Å². The first-order valence-corrected chi connectivity index (χ1v) is 4.70. The summed E-state index contributed by atoms with van der Waals surface area (Å²) in [5, 5.41) is 0. The molecule has 0 saturated carbocycles. The van der Waals surface area contributed by atoms with E-state index in [0.717, 1.165) is 0 Å². The van der Waals surface area contributed by atoms with E-state index in [4.69, 9.17) is 0 Å². The summed E-state index contributed by atoms with van der Waals surface area (Å²) in [7, 11) is 0. The average Bonchev–Trinajstić information content (AvgIpc) is 2.45. The van der Waals surface area contributed by atoms with Gasteiger partial charge in [0.15, 0.2) is 11.6 Å². The number of nitrogens with zero attached hydrogens (tertiary/aromatic N) is 2. The number of carbonyl (C=O) groups is 1. The van der Waals surface area contributed by atoms with Gasteiger partial charge < -0.3 is 0 Å². The molecule has 1 aliphatic heterocycles. The molecule has 0 N–H and O–H groups in total. The van der Waals surface area contributed by atoms with E-state index >= 15 is 0 Å². The number of halogens is 1. The van der Waals surface area contributed by atoms with E-state index in [9.17, 15) is 9.59 Å². The number of hydrogen-bond donors (Lipinski definition) is 0.